The molecule has 1 heterocycles. The number of hydrogen-bond donors (Lipinski definition) is 0. The number of likely N-dealkylation sites (tertiary alicyclic amines) is 1. The van der Waals surface area contributed by atoms with E-state index >= 15 is 0 Å². The summed E-state index contributed by atoms with van der Waals surface area (Å²) in [4.78, 5) is 14.0. The van der Waals surface area contributed by atoms with Crippen molar-refractivity contribution in [1.82, 2.24) is 4.90 Å². The number of carbonyl (C=O) groups excluding carboxylic acids is 1. The number of halogens is 2. The zero-order valence-electron chi connectivity index (χ0n) is 10.2. The summed E-state index contributed by atoms with van der Waals surface area (Å²) >= 11 is 5.89. The lowest BCUT2D eigenvalue weighted by Gasteiger charge is -2.34. The van der Waals surface area contributed by atoms with Gasteiger partial charge >= 0.3 is 0 Å². The Morgan fingerprint density at radius 2 is 2.28 bits per heavy atom. The first-order valence-electron chi connectivity index (χ1n) is 6.30. The molecule has 0 radical (unpaired) electrons. The Hall–Kier alpha value is -1.09. The third-order valence-corrected chi connectivity index (χ3v) is 3.73. The largest absolute Gasteiger partial charge is 0.338 e. The molecular weight excluding hydrogens is 253 g/mol. The Morgan fingerprint density at radius 1 is 1.44 bits per heavy atom. The first-order chi connectivity index (χ1) is 8.70. The zero-order valence-corrected chi connectivity index (χ0v) is 11.0. The van der Waals surface area contributed by atoms with Crippen molar-refractivity contribution in [2.45, 2.75) is 31.7 Å². The molecule has 1 fully saturated rings. The molecular formula is C14H17ClFNO. The van der Waals surface area contributed by atoms with Gasteiger partial charge in [0, 0.05) is 18.5 Å². The smallest absolute Gasteiger partial charge is 0.227 e. The van der Waals surface area contributed by atoms with E-state index in [1.54, 1.807) is 12.1 Å². The molecule has 0 aromatic heterocycles. The molecule has 18 heavy (non-hydrogen) atoms. The summed E-state index contributed by atoms with van der Waals surface area (Å²) in [6.45, 7) is 0.769. The molecule has 1 amide bonds. The van der Waals surface area contributed by atoms with E-state index in [9.17, 15) is 9.18 Å². The molecule has 1 atom stereocenters. The Kier molecular flexibility index (Phi) is 4.59. The molecule has 1 aromatic carbocycles. The maximum Gasteiger partial charge on any atom is 0.227 e. The van der Waals surface area contributed by atoms with E-state index in [-0.39, 0.29) is 24.2 Å². The first-order valence-corrected chi connectivity index (χ1v) is 6.84. The molecule has 1 aromatic rings. The van der Waals surface area contributed by atoms with Crippen LogP contribution in [0.25, 0.3) is 0 Å². The van der Waals surface area contributed by atoms with Gasteiger partial charge in [0.05, 0.1) is 6.42 Å². The third kappa shape index (κ3) is 3.22. The van der Waals surface area contributed by atoms with Gasteiger partial charge in [-0.15, -0.1) is 11.6 Å². The maximum atomic E-state index is 13.1. The molecule has 2 rings (SSSR count). The summed E-state index contributed by atoms with van der Waals surface area (Å²) in [5, 5.41) is 0. The lowest BCUT2D eigenvalue weighted by Crippen LogP contribution is -2.45. The number of nitrogens with zero attached hydrogens (tertiary/aromatic N) is 1. The number of rotatable bonds is 3. The van der Waals surface area contributed by atoms with Gasteiger partial charge in [-0.05, 0) is 37.0 Å². The molecule has 0 bridgehead atoms. The van der Waals surface area contributed by atoms with Crippen molar-refractivity contribution in [3.05, 3.63) is 35.6 Å². The fourth-order valence-corrected chi connectivity index (χ4v) is 2.73. The second kappa shape index (κ2) is 6.19. The average molecular weight is 270 g/mol. The molecule has 1 aliphatic rings. The summed E-state index contributed by atoms with van der Waals surface area (Å²) in [6, 6.07) is 6.35. The lowest BCUT2D eigenvalue weighted by molar-refractivity contribution is -0.133. The van der Waals surface area contributed by atoms with Gasteiger partial charge in [0.1, 0.15) is 5.82 Å². The van der Waals surface area contributed by atoms with E-state index in [2.05, 4.69) is 0 Å². The topological polar surface area (TPSA) is 20.3 Å². The highest BCUT2D eigenvalue weighted by molar-refractivity contribution is 6.18. The van der Waals surface area contributed by atoms with Crippen molar-refractivity contribution in [2.24, 2.45) is 0 Å². The van der Waals surface area contributed by atoms with Crippen LogP contribution in [0.1, 0.15) is 24.8 Å². The van der Waals surface area contributed by atoms with Gasteiger partial charge in [-0.1, -0.05) is 12.1 Å². The van der Waals surface area contributed by atoms with E-state index < -0.39 is 0 Å². The van der Waals surface area contributed by atoms with Crippen molar-refractivity contribution in [3.63, 3.8) is 0 Å². The molecule has 0 N–H and O–H groups in total. The minimum atomic E-state index is -0.298. The quantitative estimate of drug-likeness (QED) is 0.773. The van der Waals surface area contributed by atoms with E-state index in [4.69, 9.17) is 11.6 Å². The summed E-state index contributed by atoms with van der Waals surface area (Å²) in [6.07, 6.45) is 3.38. The Labute approximate surface area is 112 Å². The highest BCUT2D eigenvalue weighted by Gasteiger charge is 2.25. The molecule has 0 saturated carbocycles. The number of piperidine rings is 1. The fraction of sp³-hybridized carbons (Fsp3) is 0.500. The predicted molar refractivity (Wildman–Crippen MR) is 70.2 cm³/mol. The predicted octanol–water partition coefficient (Wildman–Crippen LogP) is 2.99. The molecule has 4 heteroatoms. The maximum absolute atomic E-state index is 13.1. The monoisotopic (exact) mass is 269 g/mol. The van der Waals surface area contributed by atoms with Crippen LogP contribution in [0, 0.1) is 5.82 Å². The van der Waals surface area contributed by atoms with Crippen LogP contribution in [0.2, 0.25) is 0 Å². The standard InChI is InChI=1S/C14H17ClFNO/c15-10-13-6-1-2-7-17(13)14(18)9-11-4-3-5-12(16)8-11/h3-5,8,13H,1-2,6-7,9-10H2. The van der Waals surface area contributed by atoms with E-state index in [0.717, 1.165) is 31.4 Å². The normalized spacial score (nSPS) is 19.9. The molecule has 1 unspecified atom stereocenters. The van der Waals surface area contributed by atoms with Crippen molar-refractivity contribution < 1.29 is 9.18 Å². The highest BCUT2D eigenvalue weighted by atomic mass is 35.5. The first kappa shape index (κ1) is 13.3. The second-order valence-electron chi connectivity index (χ2n) is 4.70. The summed E-state index contributed by atoms with van der Waals surface area (Å²) < 4.78 is 13.1. The highest BCUT2D eigenvalue weighted by Crippen LogP contribution is 2.19. The van der Waals surface area contributed by atoms with Crippen LogP contribution in [0.5, 0.6) is 0 Å². The van der Waals surface area contributed by atoms with Crippen LogP contribution in [0.15, 0.2) is 24.3 Å². The number of alkyl halides is 1. The minimum absolute atomic E-state index is 0.0472. The lowest BCUT2D eigenvalue weighted by atomic mass is 10.0. The number of hydrogen-bond acceptors (Lipinski definition) is 1. The van der Waals surface area contributed by atoms with E-state index in [1.807, 2.05) is 4.90 Å². The SMILES string of the molecule is O=C(Cc1cccc(F)c1)N1CCCCC1CCl. The van der Waals surface area contributed by atoms with Gasteiger partial charge in [-0.2, -0.15) is 0 Å². The summed E-state index contributed by atoms with van der Waals surface area (Å²) in [5.41, 5.74) is 0.721. The van der Waals surface area contributed by atoms with Gasteiger partial charge in [0.15, 0.2) is 0 Å². The van der Waals surface area contributed by atoms with Crippen LogP contribution in [0.4, 0.5) is 4.39 Å². The summed E-state index contributed by atoms with van der Waals surface area (Å²) in [5.74, 6) is 0.230. The van der Waals surface area contributed by atoms with E-state index in [1.165, 1.54) is 12.1 Å². The van der Waals surface area contributed by atoms with Crippen LogP contribution in [-0.2, 0) is 11.2 Å². The van der Waals surface area contributed by atoms with E-state index in [0.29, 0.717) is 5.88 Å². The van der Waals surface area contributed by atoms with Crippen molar-refractivity contribution >= 4 is 17.5 Å². The van der Waals surface area contributed by atoms with Gasteiger partial charge < -0.3 is 4.90 Å². The Morgan fingerprint density at radius 3 is 3.00 bits per heavy atom. The van der Waals surface area contributed by atoms with Crippen LogP contribution in [-0.4, -0.2) is 29.3 Å². The van der Waals surface area contributed by atoms with Gasteiger partial charge in [-0.25, -0.2) is 4.39 Å². The Balaban J connectivity index is 2.02. The fourth-order valence-electron chi connectivity index (χ4n) is 2.41. The number of benzene rings is 1. The third-order valence-electron chi connectivity index (χ3n) is 3.37. The number of carbonyl (C=O) groups is 1. The zero-order chi connectivity index (χ0) is 13.0. The molecule has 1 saturated heterocycles. The minimum Gasteiger partial charge on any atom is -0.338 e. The van der Waals surface area contributed by atoms with Crippen LogP contribution < -0.4 is 0 Å². The van der Waals surface area contributed by atoms with Crippen molar-refractivity contribution in [3.8, 4) is 0 Å². The second-order valence-corrected chi connectivity index (χ2v) is 5.01. The number of amides is 1. The van der Waals surface area contributed by atoms with Crippen molar-refractivity contribution in [1.29, 1.82) is 0 Å². The van der Waals surface area contributed by atoms with Crippen LogP contribution in [0.3, 0.4) is 0 Å². The molecule has 98 valence electrons. The van der Waals surface area contributed by atoms with Gasteiger partial charge in [0.2, 0.25) is 5.91 Å². The Bertz CT molecular complexity index is 424. The molecule has 0 aliphatic carbocycles. The van der Waals surface area contributed by atoms with Crippen molar-refractivity contribution in [2.75, 3.05) is 12.4 Å². The molecule has 0 spiro atoms. The summed E-state index contributed by atoms with van der Waals surface area (Å²) in [7, 11) is 0. The average Bonchev–Trinajstić information content (AvgIpc) is 2.38. The molecule has 1 aliphatic heterocycles. The van der Waals surface area contributed by atoms with Crippen LogP contribution >= 0.6 is 11.6 Å². The molecule has 2 nitrogen and oxygen atoms in total. The van der Waals surface area contributed by atoms with Gasteiger partial charge in [0.25, 0.3) is 0 Å². The van der Waals surface area contributed by atoms with Gasteiger partial charge in [-0.3, -0.25) is 4.79 Å².